The van der Waals surface area contributed by atoms with E-state index in [1.54, 1.807) is 0 Å². The number of aliphatic carboxylic acids is 2. The second-order valence-electron chi connectivity index (χ2n) is 4.33. The first-order valence-corrected chi connectivity index (χ1v) is 6.66. The molecule has 1 atom stereocenters. The summed E-state index contributed by atoms with van der Waals surface area (Å²) in [5.74, 6) is -1.74. The first-order chi connectivity index (χ1) is 8.93. The van der Waals surface area contributed by atoms with E-state index in [1.165, 1.54) is 0 Å². The lowest BCUT2D eigenvalue weighted by Gasteiger charge is -2.04. The van der Waals surface area contributed by atoms with E-state index in [4.69, 9.17) is 20.4 Å². The molecule has 0 aliphatic rings. The summed E-state index contributed by atoms with van der Waals surface area (Å²) in [6.45, 7) is 2.02. The maximum absolute atomic E-state index is 9.90. The lowest BCUT2D eigenvalue weighted by Crippen LogP contribution is -2.10. The number of unbranched alkanes of at least 4 members (excludes halogenated alkanes) is 3. The minimum absolute atomic E-state index is 0.0628. The van der Waals surface area contributed by atoms with Gasteiger partial charge in [0.25, 0.3) is 0 Å². The van der Waals surface area contributed by atoms with Gasteiger partial charge in [-0.3, -0.25) is 9.59 Å². The van der Waals surface area contributed by atoms with Gasteiger partial charge in [-0.1, -0.05) is 26.2 Å². The van der Waals surface area contributed by atoms with Crippen molar-refractivity contribution >= 4 is 11.9 Å². The summed E-state index contributed by atoms with van der Waals surface area (Å²) in [5.41, 5.74) is 0. The lowest BCUT2D eigenvalue weighted by molar-refractivity contribution is -0.139. The maximum atomic E-state index is 9.90. The molecule has 0 saturated heterocycles. The Kier molecular flexibility index (Phi) is 15.8. The van der Waals surface area contributed by atoms with Crippen molar-refractivity contribution in [3.8, 4) is 0 Å². The van der Waals surface area contributed by atoms with Gasteiger partial charge in [0.1, 0.15) is 0 Å². The number of hydrogen-bond acceptors (Lipinski definition) is 4. The van der Waals surface area contributed by atoms with Gasteiger partial charge in [-0.25, -0.2) is 0 Å². The third kappa shape index (κ3) is 22.5. The molecule has 0 radical (unpaired) electrons. The average molecular weight is 278 g/mol. The monoisotopic (exact) mass is 278 g/mol. The van der Waals surface area contributed by atoms with Crippen LogP contribution >= 0.6 is 0 Å². The van der Waals surface area contributed by atoms with Gasteiger partial charge in [0.2, 0.25) is 0 Å². The molecular weight excluding hydrogens is 252 g/mol. The van der Waals surface area contributed by atoms with Gasteiger partial charge in [0, 0.05) is 12.8 Å². The largest absolute Gasteiger partial charge is 0.481 e. The van der Waals surface area contributed by atoms with Crippen molar-refractivity contribution < 1.29 is 30.0 Å². The molecule has 0 aromatic heterocycles. The van der Waals surface area contributed by atoms with Gasteiger partial charge in [0.05, 0.1) is 12.7 Å². The summed E-state index contributed by atoms with van der Waals surface area (Å²) < 4.78 is 0. The van der Waals surface area contributed by atoms with Gasteiger partial charge in [-0.15, -0.1) is 0 Å². The topological polar surface area (TPSA) is 115 Å². The van der Waals surface area contributed by atoms with Crippen LogP contribution in [0.2, 0.25) is 0 Å². The average Bonchev–Trinajstić information content (AvgIpc) is 2.35. The Bertz CT molecular complexity index is 213. The molecule has 0 spiro atoms. The van der Waals surface area contributed by atoms with Crippen LogP contribution in [0.25, 0.3) is 0 Å². The summed E-state index contributed by atoms with van der Waals surface area (Å²) in [6.07, 6.45) is 4.61. The van der Waals surface area contributed by atoms with E-state index in [0.29, 0.717) is 12.8 Å². The van der Waals surface area contributed by atoms with Crippen molar-refractivity contribution in [1.82, 2.24) is 0 Å². The fourth-order valence-corrected chi connectivity index (χ4v) is 1.27. The van der Waals surface area contributed by atoms with Crippen LogP contribution in [0.4, 0.5) is 0 Å². The summed E-state index contributed by atoms with van der Waals surface area (Å²) in [5, 5.41) is 33.5. The van der Waals surface area contributed by atoms with Gasteiger partial charge in [-0.05, 0) is 19.3 Å². The molecule has 6 nitrogen and oxygen atoms in total. The molecule has 4 N–H and O–H groups in total. The second-order valence-corrected chi connectivity index (χ2v) is 4.33. The zero-order chi connectivity index (χ0) is 15.1. The van der Waals surface area contributed by atoms with Crippen molar-refractivity contribution in [2.24, 2.45) is 0 Å². The Hall–Kier alpha value is -1.14. The van der Waals surface area contributed by atoms with Crippen LogP contribution in [0.1, 0.15) is 58.3 Å². The van der Waals surface area contributed by atoms with Crippen LogP contribution in [0, 0.1) is 0 Å². The van der Waals surface area contributed by atoms with Gasteiger partial charge >= 0.3 is 11.9 Å². The van der Waals surface area contributed by atoms with E-state index in [2.05, 4.69) is 6.92 Å². The summed E-state index contributed by atoms with van der Waals surface area (Å²) in [7, 11) is 0. The van der Waals surface area contributed by atoms with Crippen molar-refractivity contribution in [3.05, 3.63) is 0 Å². The van der Waals surface area contributed by atoms with E-state index in [-0.39, 0.29) is 19.4 Å². The summed E-state index contributed by atoms with van der Waals surface area (Å²) in [4.78, 5) is 19.8. The SMILES string of the molecule is CCCCCC(O)CO.O=C(O)CCCCC(=O)O. The van der Waals surface area contributed by atoms with Crippen molar-refractivity contribution in [3.63, 3.8) is 0 Å². The van der Waals surface area contributed by atoms with Gasteiger partial charge < -0.3 is 20.4 Å². The highest BCUT2D eigenvalue weighted by molar-refractivity contribution is 5.67. The highest BCUT2D eigenvalue weighted by atomic mass is 16.4. The molecule has 114 valence electrons. The molecule has 0 bridgehead atoms. The summed E-state index contributed by atoms with van der Waals surface area (Å²) >= 11 is 0. The zero-order valence-corrected chi connectivity index (χ0v) is 11.5. The van der Waals surface area contributed by atoms with E-state index in [0.717, 1.165) is 25.7 Å². The van der Waals surface area contributed by atoms with Crippen molar-refractivity contribution in [2.75, 3.05) is 6.61 Å². The predicted octanol–water partition coefficient (Wildman–Crippen LogP) is 1.64. The standard InChI is InChI=1S/C7H16O2.C6H10O4/c1-2-3-4-5-7(9)6-8;7-5(8)3-1-2-4-6(9)10/h7-9H,2-6H2,1H3;1-4H2,(H,7,8)(H,9,10). The molecule has 0 aromatic carbocycles. The molecule has 0 saturated carbocycles. The van der Waals surface area contributed by atoms with Crippen LogP contribution in [0.15, 0.2) is 0 Å². The fourth-order valence-electron chi connectivity index (χ4n) is 1.27. The van der Waals surface area contributed by atoms with Crippen molar-refractivity contribution in [1.29, 1.82) is 0 Å². The van der Waals surface area contributed by atoms with Crippen LogP contribution in [0.3, 0.4) is 0 Å². The van der Waals surface area contributed by atoms with E-state index >= 15 is 0 Å². The highest BCUT2D eigenvalue weighted by Gasteiger charge is 1.99. The molecular formula is C13H26O6. The molecule has 0 aliphatic heterocycles. The Morgan fingerprint density at radius 1 is 0.947 bits per heavy atom. The van der Waals surface area contributed by atoms with Crippen LogP contribution in [-0.4, -0.2) is 45.1 Å². The number of aliphatic hydroxyl groups is 2. The smallest absolute Gasteiger partial charge is 0.303 e. The quantitative estimate of drug-likeness (QED) is 0.451. The van der Waals surface area contributed by atoms with E-state index in [1.807, 2.05) is 0 Å². The number of rotatable bonds is 10. The molecule has 1 unspecified atom stereocenters. The fraction of sp³-hybridized carbons (Fsp3) is 0.846. The lowest BCUT2D eigenvalue weighted by atomic mass is 10.1. The highest BCUT2D eigenvalue weighted by Crippen LogP contribution is 2.01. The normalized spacial score (nSPS) is 11.3. The number of carbonyl (C=O) groups is 2. The molecule has 0 amide bonds. The third-order valence-corrected chi connectivity index (χ3v) is 2.38. The number of aliphatic hydroxyl groups excluding tert-OH is 2. The molecule has 0 aliphatic carbocycles. The predicted molar refractivity (Wildman–Crippen MR) is 71.0 cm³/mol. The first-order valence-electron chi connectivity index (χ1n) is 6.66. The molecule has 0 aromatic rings. The summed E-state index contributed by atoms with van der Waals surface area (Å²) in [6, 6.07) is 0. The third-order valence-electron chi connectivity index (χ3n) is 2.38. The van der Waals surface area contributed by atoms with Crippen molar-refractivity contribution in [2.45, 2.75) is 64.4 Å². The Morgan fingerprint density at radius 3 is 1.74 bits per heavy atom. The van der Waals surface area contributed by atoms with E-state index in [9.17, 15) is 9.59 Å². The molecule has 19 heavy (non-hydrogen) atoms. The van der Waals surface area contributed by atoms with Crippen LogP contribution < -0.4 is 0 Å². The Labute approximate surface area is 114 Å². The molecule has 0 rings (SSSR count). The van der Waals surface area contributed by atoms with Gasteiger partial charge in [0.15, 0.2) is 0 Å². The van der Waals surface area contributed by atoms with Crippen LogP contribution in [0.5, 0.6) is 0 Å². The van der Waals surface area contributed by atoms with Gasteiger partial charge in [-0.2, -0.15) is 0 Å². The Morgan fingerprint density at radius 2 is 1.42 bits per heavy atom. The number of carboxylic acid groups (broad SMARTS) is 2. The Balaban J connectivity index is 0. The van der Waals surface area contributed by atoms with E-state index < -0.39 is 18.0 Å². The minimum atomic E-state index is -0.870. The second kappa shape index (κ2) is 14.9. The molecule has 0 fully saturated rings. The first kappa shape index (κ1) is 20.2. The minimum Gasteiger partial charge on any atom is -0.481 e. The molecule has 0 heterocycles. The number of hydrogen-bond donors (Lipinski definition) is 4. The number of carboxylic acids is 2. The van der Waals surface area contributed by atoms with Crippen LogP contribution in [-0.2, 0) is 9.59 Å². The zero-order valence-electron chi connectivity index (χ0n) is 11.5. The molecule has 6 heteroatoms. The maximum Gasteiger partial charge on any atom is 0.303 e.